The standard InChI is InChI=1S/2CH4O.10CHO.3Ru/c12*1-2;;;/h2*2H,1H3;10*1H;;;/q;;10*-1;2*+3;+4. The van der Waals surface area contributed by atoms with Crippen LogP contribution in [0.4, 0.5) is 0 Å². The minimum absolute atomic E-state index is 0. The molecule has 0 spiro atoms. The Labute approximate surface area is 198 Å². The van der Waals surface area contributed by atoms with Gasteiger partial charge in [-0.2, -0.15) is 0 Å². The van der Waals surface area contributed by atoms with Gasteiger partial charge in [-0.1, -0.05) is 0 Å². The second-order valence-electron chi connectivity index (χ2n) is 0. The fourth-order valence-corrected chi connectivity index (χ4v) is 0. The molecule has 0 saturated carbocycles. The summed E-state index contributed by atoms with van der Waals surface area (Å²) < 4.78 is 0. The van der Waals surface area contributed by atoms with Crippen LogP contribution in [0.2, 0.25) is 0 Å². The molecule has 15 heteroatoms. The van der Waals surface area contributed by atoms with Crippen molar-refractivity contribution < 1.29 is 117 Å². The number of hydrogen-bond acceptors (Lipinski definition) is 12. The molecule has 0 bridgehead atoms. The minimum atomic E-state index is 0. The number of rotatable bonds is 0. The Morgan fingerprint density at radius 3 is 0.296 bits per heavy atom. The van der Waals surface area contributed by atoms with Crippen LogP contribution < -0.4 is 0 Å². The molecule has 0 rings (SSSR count). The Morgan fingerprint density at radius 1 is 0.296 bits per heavy atom. The predicted molar refractivity (Wildman–Crippen MR) is 83.8 cm³/mol. The van der Waals surface area contributed by atoms with Gasteiger partial charge in [0, 0.05) is 14.2 Å². The predicted octanol–water partition coefficient (Wildman–Crippen LogP) is -3.53. The van der Waals surface area contributed by atoms with Gasteiger partial charge in [0.25, 0.3) is 0 Å². The molecule has 0 aliphatic carbocycles. The van der Waals surface area contributed by atoms with E-state index in [0.29, 0.717) is 0 Å². The average Bonchev–Trinajstić information content (AvgIpc) is 2.84. The van der Waals surface area contributed by atoms with Crippen LogP contribution in [-0.2, 0) is 106 Å². The summed E-state index contributed by atoms with van der Waals surface area (Å²) in [6.45, 7) is 32.5. The van der Waals surface area contributed by atoms with Crippen LogP contribution in [0.3, 0.4) is 0 Å². The van der Waals surface area contributed by atoms with Crippen molar-refractivity contribution in [3.63, 3.8) is 0 Å². The summed E-state index contributed by atoms with van der Waals surface area (Å²) in [7, 11) is 2.00. The number of aliphatic hydroxyl groups is 2. The smallest absolute Gasteiger partial charge is 0.545 e. The summed E-state index contributed by atoms with van der Waals surface area (Å²) >= 11 is 0. The van der Waals surface area contributed by atoms with Crippen molar-refractivity contribution in [3.05, 3.63) is 0 Å². The molecule has 2 radical (unpaired) electrons. The third-order valence-corrected chi connectivity index (χ3v) is 0. The Bertz CT molecular complexity index is 70.8. The summed E-state index contributed by atoms with van der Waals surface area (Å²) in [5.74, 6) is 0. The van der Waals surface area contributed by atoms with E-state index in [2.05, 4.69) is 67.9 Å². The average molecular weight is 657 g/mol. The SMILES string of the molecule is CO.CO.[CH-]=O.[CH-]=O.[CH-]=O.[CH-]=O.[CH-]=O.[CH-]=O.[CH-]=O.[CH-]=O.[CH-]=O.[CH-]=O.[Ru+3].[Ru+3].[Ru+4]. The molecule has 0 atom stereocenters. The second-order valence-corrected chi connectivity index (χ2v) is 0. The van der Waals surface area contributed by atoms with E-state index in [9.17, 15) is 0 Å². The summed E-state index contributed by atoms with van der Waals surface area (Å²) in [6, 6.07) is 0. The van der Waals surface area contributed by atoms with Gasteiger partial charge in [0.1, 0.15) is 0 Å². The Morgan fingerprint density at radius 2 is 0.296 bits per heavy atom. The third-order valence-electron chi connectivity index (χ3n) is 0. The zero-order chi connectivity index (χ0) is 24.0. The second kappa shape index (κ2) is 5930. The molecular weight excluding hydrogens is 639 g/mol. The maximum atomic E-state index is 7.75. The molecule has 12 nitrogen and oxygen atoms in total. The van der Waals surface area contributed by atoms with Crippen LogP contribution in [0.5, 0.6) is 0 Å². The zero-order valence-electron chi connectivity index (χ0n) is 13.8. The van der Waals surface area contributed by atoms with Crippen LogP contribution in [0.1, 0.15) is 0 Å². The summed E-state index contributed by atoms with van der Waals surface area (Å²) in [4.78, 5) is 77.5. The van der Waals surface area contributed by atoms with E-state index in [1.165, 1.54) is 0 Å². The van der Waals surface area contributed by atoms with Gasteiger partial charge < -0.3 is 58.2 Å². The molecule has 0 aliphatic rings. The summed E-state index contributed by atoms with van der Waals surface area (Å²) in [5.41, 5.74) is 0. The first-order valence-corrected chi connectivity index (χ1v) is 3.25. The third kappa shape index (κ3) is 5430. The van der Waals surface area contributed by atoms with E-state index in [1.54, 1.807) is 0 Å². The van der Waals surface area contributed by atoms with Crippen molar-refractivity contribution in [1.82, 2.24) is 0 Å². The van der Waals surface area contributed by atoms with Gasteiger partial charge in [0.2, 0.25) is 0 Å². The van der Waals surface area contributed by atoms with Crippen molar-refractivity contribution in [2.24, 2.45) is 0 Å². The van der Waals surface area contributed by atoms with Gasteiger partial charge in [-0.3, -0.25) is 67.9 Å². The monoisotopic (exact) mass is 660 g/mol. The van der Waals surface area contributed by atoms with E-state index in [0.717, 1.165) is 14.2 Å². The molecular formula is C12H18O12Ru3. The topological polar surface area (TPSA) is 211 Å². The van der Waals surface area contributed by atoms with Crippen LogP contribution in [0, 0.1) is 0 Å². The molecule has 0 unspecified atom stereocenters. The van der Waals surface area contributed by atoms with Crippen molar-refractivity contribution in [2.45, 2.75) is 0 Å². The molecule has 0 heterocycles. The van der Waals surface area contributed by atoms with Gasteiger partial charge in [-0.05, 0) is 0 Å². The van der Waals surface area contributed by atoms with Crippen molar-refractivity contribution >= 4 is 67.9 Å². The number of hydrogen-bond donors (Lipinski definition) is 2. The van der Waals surface area contributed by atoms with E-state index < -0.39 is 0 Å². The Kier molecular flexibility index (Phi) is 30500. The maximum absolute atomic E-state index is 7.75. The Balaban J connectivity index is -0.00000000443. The fraction of sp³-hybridized carbons (Fsp3) is 0.167. The first-order valence-electron chi connectivity index (χ1n) is 3.25. The molecule has 0 aromatic rings. The minimum Gasteiger partial charge on any atom is -0.545 e. The van der Waals surface area contributed by atoms with Crippen LogP contribution >= 0.6 is 0 Å². The molecule has 0 aromatic heterocycles. The van der Waals surface area contributed by atoms with Gasteiger partial charge in [0.05, 0.1) is 0 Å². The first kappa shape index (κ1) is 139. The zero-order valence-corrected chi connectivity index (χ0v) is 19.0. The van der Waals surface area contributed by atoms with E-state index in [4.69, 9.17) is 58.2 Å². The van der Waals surface area contributed by atoms with E-state index in [-0.39, 0.29) is 58.4 Å². The molecule has 0 amide bonds. The fourth-order valence-electron chi connectivity index (χ4n) is 0. The van der Waals surface area contributed by atoms with Gasteiger partial charge >= 0.3 is 58.4 Å². The molecule has 27 heavy (non-hydrogen) atoms. The molecule has 0 saturated heterocycles. The largest absolute Gasteiger partial charge is 4.00 e. The van der Waals surface area contributed by atoms with Crippen LogP contribution in [-0.4, -0.2) is 92.3 Å². The van der Waals surface area contributed by atoms with Gasteiger partial charge in [-0.25, -0.2) is 0 Å². The quantitative estimate of drug-likeness (QED) is 0.147. The molecule has 0 aliphatic heterocycles. The number of aliphatic hydroxyl groups excluding tert-OH is 2. The van der Waals surface area contributed by atoms with Crippen molar-refractivity contribution in [2.75, 3.05) is 14.2 Å². The summed E-state index contributed by atoms with van der Waals surface area (Å²) in [5, 5.41) is 14.0. The van der Waals surface area contributed by atoms with Crippen molar-refractivity contribution in [3.8, 4) is 0 Å². The van der Waals surface area contributed by atoms with E-state index >= 15 is 0 Å². The molecule has 0 aromatic carbocycles. The van der Waals surface area contributed by atoms with Crippen LogP contribution in [0.15, 0.2) is 0 Å². The van der Waals surface area contributed by atoms with Gasteiger partial charge in [0.15, 0.2) is 0 Å². The first-order chi connectivity index (χ1) is 12.0. The Hall–Kier alpha value is -1.51. The van der Waals surface area contributed by atoms with Crippen LogP contribution in [0.25, 0.3) is 0 Å². The summed E-state index contributed by atoms with van der Waals surface area (Å²) in [6.07, 6.45) is 0. The van der Waals surface area contributed by atoms with E-state index in [1.807, 2.05) is 0 Å². The van der Waals surface area contributed by atoms with Gasteiger partial charge in [-0.15, -0.1) is 0 Å². The molecule has 0 fully saturated rings. The normalized spacial score (nSPS) is 1.93. The molecule has 2 N–H and O–H groups in total. The molecule has 162 valence electrons. The maximum Gasteiger partial charge on any atom is 4.00 e. The number of carbonyl (C=O) groups excluding carboxylic acids is 10. The van der Waals surface area contributed by atoms with Crippen molar-refractivity contribution in [1.29, 1.82) is 0 Å².